The highest BCUT2D eigenvalue weighted by molar-refractivity contribution is 5.94. The van der Waals surface area contributed by atoms with Gasteiger partial charge in [-0.1, -0.05) is 24.3 Å². The molecule has 1 amide bonds. The molecule has 1 aliphatic heterocycles. The molecule has 1 heterocycles. The van der Waals surface area contributed by atoms with Crippen molar-refractivity contribution in [1.29, 1.82) is 0 Å². The maximum absolute atomic E-state index is 12.9. The lowest BCUT2D eigenvalue weighted by Gasteiger charge is -2.46. The van der Waals surface area contributed by atoms with Crippen LogP contribution >= 0.6 is 0 Å². The van der Waals surface area contributed by atoms with E-state index < -0.39 is 0 Å². The fourth-order valence-corrected chi connectivity index (χ4v) is 3.54. The molecule has 24 heavy (non-hydrogen) atoms. The molecule has 0 aromatic heterocycles. The Morgan fingerprint density at radius 3 is 2.29 bits per heavy atom. The predicted molar refractivity (Wildman–Crippen MR) is 96.7 cm³/mol. The number of carbonyl (C=O) groups excluding carboxylic acids is 1. The zero-order valence-corrected chi connectivity index (χ0v) is 14.5. The minimum absolute atomic E-state index is 0.0697. The fourth-order valence-electron chi connectivity index (χ4n) is 3.54. The van der Waals surface area contributed by atoms with E-state index in [2.05, 4.69) is 43.0 Å². The summed E-state index contributed by atoms with van der Waals surface area (Å²) in [5, 5.41) is 0. The summed E-state index contributed by atoms with van der Waals surface area (Å²) in [6.07, 6.45) is 0. The molecule has 2 atom stereocenters. The average Bonchev–Trinajstić information content (AvgIpc) is 2.61. The highest BCUT2D eigenvalue weighted by Crippen LogP contribution is 2.25. The van der Waals surface area contributed by atoms with E-state index in [4.69, 9.17) is 4.74 Å². The Balaban J connectivity index is 1.77. The van der Waals surface area contributed by atoms with Crippen LogP contribution in [0, 0.1) is 0 Å². The van der Waals surface area contributed by atoms with Gasteiger partial charge in [-0.05, 0) is 44.2 Å². The zero-order valence-electron chi connectivity index (χ0n) is 14.5. The van der Waals surface area contributed by atoms with Crippen molar-refractivity contribution in [3.8, 4) is 5.75 Å². The van der Waals surface area contributed by atoms with Crippen LogP contribution in [0.1, 0.15) is 24.2 Å². The normalized spacial score (nSPS) is 20.8. The summed E-state index contributed by atoms with van der Waals surface area (Å²) >= 11 is 0. The molecular weight excluding hydrogens is 300 g/mol. The van der Waals surface area contributed by atoms with Crippen molar-refractivity contribution in [1.82, 2.24) is 4.90 Å². The fraction of sp³-hybridized carbons (Fsp3) is 0.350. The van der Waals surface area contributed by atoms with Gasteiger partial charge in [-0.2, -0.15) is 0 Å². The van der Waals surface area contributed by atoms with Crippen molar-refractivity contribution in [3.63, 3.8) is 0 Å². The highest BCUT2D eigenvalue weighted by atomic mass is 16.5. The van der Waals surface area contributed by atoms with Crippen LogP contribution in [0.5, 0.6) is 5.75 Å². The lowest BCUT2D eigenvalue weighted by Crippen LogP contribution is -2.58. The number of ether oxygens (including phenoxy) is 1. The van der Waals surface area contributed by atoms with Crippen molar-refractivity contribution in [2.45, 2.75) is 25.9 Å². The van der Waals surface area contributed by atoms with Crippen LogP contribution in [0.4, 0.5) is 5.69 Å². The number of nitrogens with zero attached hydrogens (tertiary/aromatic N) is 2. The van der Waals surface area contributed by atoms with Crippen molar-refractivity contribution < 1.29 is 9.53 Å². The smallest absolute Gasteiger partial charge is 0.254 e. The van der Waals surface area contributed by atoms with Crippen LogP contribution in [-0.2, 0) is 0 Å². The molecule has 0 radical (unpaired) electrons. The third-order valence-electron chi connectivity index (χ3n) is 4.58. The average molecular weight is 324 g/mol. The Bertz CT molecular complexity index is 690. The minimum atomic E-state index is 0.0697. The molecule has 2 aromatic rings. The van der Waals surface area contributed by atoms with E-state index in [9.17, 15) is 4.79 Å². The standard InChI is InChI=1S/C20H24N2O2/c1-15-13-21(20(23)17-8-7-11-19(12-17)24-3)14-16(2)22(15)18-9-5-4-6-10-18/h4-12,15-16H,13-14H2,1-3H3. The number of rotatable bonds is 3. The summed E-state index contributed by atoms with van der Waals surface area (Å²) in [5.41, 5.74) is 1.90. The maximum atomic E-state index is 12.9. The van der Waals surface area contributed by atoms with Gasteiger partial charge in [0.2, 0.25) is 0 Å². The third-order valence-corrected chi connectivity index (χ3v) is 4.58. The Kier molecular flexibility index (Phi) is 4.74. The van der Waals surface area contributed by atoms with Crippen molar-refractivity contribution >= 4 is 11.6 Å². The van der Waals surface area contributed by atoms with Gasteiger partial charge in [0, 0.05) is 36.4 Å². The third kappa shape index (κ3) is 3.23. The van der Waals surface area contributed by atoms with E-state index in [-0.39, 0.29) is 18.0 Å². The zero-order chi connectivity index (χ0) is 17.1. The SMILES string of the molecule is COc1cccc(C(=O)N2CC(C)N(c3ccccc3)C(C)C2)c1. The van der Waals surface area contributed by atoms with E-state index in [0.29, 0.717) is 11.3 Å². The Hall–Kier alpha value is -2.49. The molecule has 0 aliphatic carbocycles. The molecule has 4 heteroatoms. The van der Waals surface area contributed by atoms with E-state index in [1.54, 1.807) is 13.2 Å². The number of benzene rings is 2. The van der Waals surface area contributed by atoms with Crippen molar-refractivity contribution in [3.05, 3.63) is 60.2 Å². The van der Waals surface area contributed by atoms with Gasteiger partial charge in [0.05, 0.1) is 7.11 Å². The number of piperazine rings is 1. The van der Waals surface area contributed by atoms with Gasteiger partial charge in [0.15, 0.2) is 0 Å². The van der Waals surface area contributed by atoms with E-state index >= 15 is 0 Å². The second kappa shape index (κ2) is 6.95. The minimum Gasteiger partial charge on any atom is -0.497 e. The van der Waals surface area contributed by atoms with Crippen LogP contribution in [0.25, 0.3) is 0 Å². The molecular formula is C20H24N2O2. The Labute approximate surface area is 143 Å². The first-order valence-electron chi connectivity index (χ1n) is 8.37. The van der Waals surface area contributed by atoms with Crippen LogP contribution in [-0.4, -0.2) is 43.1 Å². The molecule has 1 saturated heterocycles. The van der Waals surface area contributed by atoms with Crippen molar-refractivity contribution in [2.75, 3.05) is 25.1 Å². The number of methoxy groups -OCH3 is 1. The van der Waals surface area contributed by atoms with Crippen LogP contribution < -0.4 is 9.64 Å². The first-order chi connectivity index (χ1) is 11.6. The number of anilines is 1. The number of amides is 1. The molecule has 0 bridgehead atoms. The van der Waals surface area contributed by atoms with Gasteiger partial charge in [0.25, 0.3) is 5.91 Å². The van der Waals surface area contributed by atoms with Crippen LogP contribution in [0.2, 0.25) is 0 Å². The molecule has 126 valence electrons. The molecule has 3 rings (SSSR count). The molecule has 1 aliphatic rings. The maximum Gasteiger partial charge on any atom is 0.254 e. The quantitative estimate of drug-likeness (QED) is 0.867. The first kappa shape index (κ1) is 16.4. The molecule has 2 unspecified atom stereocenters. The summed E-state index contributed by atoms with van der Waals surface area (Å²) < 4.78 is 5.23. The predicted octanol–water partition coefficient (Wildman–Crippen LogP) is 3.43. The van der Waals surface area contributed by atoms with Gasteiger partial charge in [-0.25, -0.2) is 0 Å². The Morgan fingerprint density at radius 1 is 1.00 bits per heavy atom. The van der Waals surface area contributed by atoms with Gasteiger partial charge >= 0.3 is 0 Å². The number of hydrogen-bond donors (Lipinski definition) is 0. The lowest BCUT2D eigenvalue weighted by molar-refractivity contribution is 0.0700. The molecule has 1 fully saturated rings. The van der Waals surface area contributed by atoms with E-state index in [1.807, 2.05) is 29.2 Å². The molecule has 0 spiro atoms. The van der Waals surface area contributed by atoms with Gasteiger partial charge < -0.3 is 14.5 Å². The van der Waals surface area contributed by atoms with E-state index in [0.717, 1.165) is 13.1 Å². The summed E-state index contributed by atoms with van der Waals surface area (Å²) in [5.74, 6) is 0.783. The highest BCUT2D eigenvalue weighted by Gasteiger charge is 2.32. The Morgan fingerprint density at radius 2 is 1.67 bits per heavy atom. The molecule has 0 N–H and O–H groups in total. The topological polar surface area (TPSA) is 32.8 Å². The van der Waals surface area contributed by atoms with Gasteiger partial charge in [-0.15, -0.1) is 0 Å². The largest absolute Gasteiger partial charge is 0.497 e. The van der Waals surface area contributed by atoms with Crippen LogP contribution in [0.15, 0.2) is 54.6 Å². The molecule has 2 aromatic carbocycles. The number of para-hydroxylation sites is 1. The van der Waals surface area contributed by atoms with E-state index in [1.165, 1.54) is 5.69 Å². The van der Waals surface area contributed by atoms with Crippen molar-refractivity contribution in [2.24, 2.45) is 0 Å². The molecule has 0 saturated carbocycles. The summed E-state index contributed by atoms with van der Waals surface area (Å²) in [4.78, 5) is 17.2. The second-order valence-electron chi connectivity index (χ2n) is 6.38. The van der Waals surface area contributed by atoms with Crippen LogP contribution in [0.3, 0.4) is 0 Å². The number of carbonyl (C=O) groups is 1. The monoisotopic (exact) mass is 324 g/mol. The number of hydrogen-bond acceptors (Lipinski definition) is 3. The lowest BCUT2D eigenvalue weighted by atomic mass is 10.0. The van der Waals surface area contributed by atoms with Gasteiger partial charge in [-0.3, -0.25) is 4.79 Å². The summed E-state index contributed by atoms with van der Waals surface area (Å²) in [6, 6.07) is 18.3. The summed E-state index contributed by atoms with van der Waals surface area (Å²) in [6.45, 7) is 5.79. The first-order valence-corrected chi connectivity index (χ1v) is 8.37. The van der Waals surface area contributed by atoms with Gasteiger partial charge in [0.1, 0.15) is 5.75 Å². The second-order valence-corrected chi connectivity index (χ2v) is 6.38. The summed E-state index contributed by atoms with van der Waals surface area (Å²) in [7, 11) is 1.62. The molecule has 4 nitrogen and oxygen atoms in total.